The van der Waals surface area contributed by atoms with Crippen molar-refractivity contribution in [3.8, 4) is 0 Å². The topological polar surface area (TPSA) is 32.3 Å². The Morgan fingerprint density at radius 3 is 2.83 bits per heavy atom. The van der Waals surface area contributed by atoms with Gasteiger partial charge in [0.05, 0.1) is 4.88 Å². The van der Waals surface area contributed by atoms with E-state index in [1.54, 1.807) is 0 Å². The minimum atomic E-state index is 0.0794. The highest BCUT2D eigenvalue weighted by Crippen LogP contribution is 2.15. The summed E-state index contributed by atoms with van der Waals surface area (Å²) < 4.78 is 0. The van der Waals surface area contributed by atoms with Crippen LogP contribution in [-0.4, -0.2) is 37.0 Å². The standard InChI is InChI=1S/C14H22N2OS/c1-11(10-16-6-3-4-7-16)9-15-14(17)13-12(2)5-8-18-13/h5,8,11H,3-4,6-7,9-10H2,1-2H3,(H,15,17)/t11-/m0/s1. The first kappa shape index (κ1) is 13.6. The number of hydrogen-bond acceptors (Lipinski definition) is 3. The molecule has 18 heavy (non-hydrogen) atoms. The van der Waals surface area contributed by atoms with Crippen molar-refractivity contribution >= 4 is 17.2 Å². The number of aryl methyl sites for hydroxylation is 1. The summed E-state index contributed by atoms with van der Waals surface area (Å²) in [4.78, 5) is 15.3. The molecule has 1 aromatic rings. The first-order chi connectivity index (χ1) is 8.66. The normalized spacial score (nSPS) is 17.9. The van der Waals surface area contributed by atoms with Crippen LogP contribution in [-0.2, 0) is 0 Å². The average Bonchev–Trinajstić information content (AvgIpc) is 2.97. The zero-order valence-corrected chi connectivity index (χ0v) is 12.1. The number of nitrogens with zero attached hydrogens (tertiary/aromatic N) is 1. The molecule has 0 aliphatic carbocycles. The van der Waals surface area contributed by atoms with E-state index in [2.05, 4.69) is 17.1 Å². The molecule has 0 unspecified atom stereocenters. The van der Waals surface area contributed by atoms with Gasteiger partial charge in [0.25, 0.3) is 5.91 Å². The van der Waals surface area contributed by atoms with Gasteiger partial charge in [0.15, 0.2) is 0 Å². The Labute approximate surface area is 113 Å². The van der Waals surface area contributed by atoms with Gasteiger partial charge in [-0.2, -0.15) is 0 Å². The minimum absolute atomic E-state index is 0.0794. The predicted octanol–water partition coefficient (Wildman–Crippen LogP) is 2.52. The molecular formula is C14H22N2OS. The van der Waals surface area contributed by atoms with Crippen LogP contribution >= 0.6 is 11.3 Å². The monoisotopic (exact) mass is 266 g/mol. The molecule has 1 aromatic heterocycles. The van der Waals surface area contributed by atoms with E-state index in [-0.39, 0.29) is 5.91 Å². The van der Waals surface area contributed by atoms with Gasteiger partial charge in [-0.05, 0) is 55.8 Å². The number of rotatable bonds is 5. The summed E-state index contributed by atoms with van der Waals surface area (Å²) >= 11 is 1.52. The van der Waals surface area contributed by atoms with E-state index >= 15 is 0 Å². The number of carbonyl (C=O) groups excluding carboxylic acids is 1. The quantitative estimate of drug-likeness (QED) is 0.888. The molecule has 0 aromatic carbocycles. The SMILES string of the molecule is Cc1ccsc1C(=O)NC[C@H](C)CN1CCCC1. The van der Waals surface area contributed by atoms with Crippen molar-refractivity contribution in [3.63, 3.8) is 0 Å². The maximum atomic E-state index is 12.0. The third-order valence-electron chi connectivity index (χ3n) is 3.45. The lowest BCUT2D eigenvalue weighted by molar-refractivity contribution is 0.0948. The van der Waals surface area contributed by atoms with Crippen molar-refractivity contribution in [1.82, 2.24) is 10.2 Å². The summed E-state index contributed by atoms with van der Waals surface area (Å²) in [6.07, 6.45) is 2.65. The fourth-order valence-corrected chi connectivity index (χ4v) is 3.26. The van der Waals surface area contributed by atoms with Gasteiger partial charge < -0.3 is 10.2 Å². The van der Waals surface area contributed by atoms with Crippen molar-refractivity contribution < 1.29 is 4.79 Å². The zero-order chi connectivity index (χ0) is 13.0. The van der Waals surface area contributed by atoms with Crippen LogP contribution in [0.3, 0.4) is 0 Å². The Balaban J connectivity index is 1.73. The fraction of sp³-hybridized carbons (Fsp3) is 0.643. The van der Waals surface area contributed by atoms with Crippen LogP contribution in [0.25, 0.3) is 0 Å². The maximum Gasteiger partial charge on any atom is 0.261 e. The van der Waals surface area contributed by atoms with Gasteiger partial charge in [-0.25, -0.2) is 0 Å². The molecule has 0 bridgehead atoms. The molecule has 0 saturated carbocycles. The van der Waals surface area contributed by atoms with Crippen LogP contribution in [0.4, 0.5) is 0 Å². The number of amides is 1. The lowest BCUT2D eigenvalue weighted by Crippen LogP contribution is -2.34. The third-order valence-corrected chi connectivity index (χ3v) is 4.46. The fourth-order valence-electron chi connectivity index (χ4n) is 2.42. The number of hydrogen-bond donors (Lipinski definition) is 1. The van der Waals surface area contributed by atoms with E-state index in [0.29, 0.717) is 5.92 Å². The van der Waals surface area contributed by atoms with E-state index in [9.17, 15) is 4.79 Å². The van der Waals surface area contributed by atoms with Crippen LogP contribution < -0.4 is 5.32 Å². The van der Waals surface area contributed by atoms with Crippen LogP contribution in [0.2, 0.25) is 0 Å². The number of nitrogens with one attached hydrogen (secondary N) is 1. The first-order valence-corrected chi connectivity index (χ1v) is 7.59. The number of carbonyl (C=O) groups is 1. The number of likely N-dealkylation sites (tertiary alicyclic amines) is 1. The van der Waals surface area contributed by atoms with E-state index in [1.165, 1.54) is 37.3 Å². The van der Waals surface area contributed by atoms with Crippen molar-refractivity contribution in [2.45, 2.75) is 26.7 Å². The molecule has 0 radical (unpaired) electrons. The highest BCUT2D eigenvalue weighted by atomic mass is 32.1. The molecule has 1 aliphatic heterocycles. The van der Waals surface area contributed by atoms with Crippen molar-refractivity contribution in [1.29, 1.82) is 0 Å². The Morgan fingerprint density at radius 1 is 1.50 bits per heavy atom. The Hall–Kier alpha value is -0.870. The lowest BCUT2D eigenvalue weighted by atomic mass is 10.1. The third kappa shape index (κ3) is 3.56. The van der Waals surface area contributed by atoms with Crippen LogP contribution in [0.5, 0.6) is 0 Å². The molecule has 1 atom stereocenters. The van der Waals surface area contributed by atoms with Crippen LogP contribution in [0.15, 0.2) is 11.4 Å². The molecule has 0 spiro atoms. The summed E-state index contributed by atoms with van der Waals surface area (Å²) in [6.45, 7) is 8.51. The van der Waals surface area contributed by atoms with Crippen molar-refractivity contribution in [2.24, 2.45) is 5.92 Å². The molecule has 1 N–H and O–H groups in total. The summed E-state index contributed by atoms with van der Waals surface area (Å²) in [7, 11) is 0. The van der Waals surface area contributed by atoms with Gasteiger partial charge in [-0.15, -0.1) is 11.3 Å². The van der Waals surface area contributed by atoms with Crippen molar-refractivity contribution in [2.75, 3.05) is 26.2 Å². The molecular weight excluding hydrogens is 244 g/mol. The minimum Gasteiger partial charge on any atom is -0.351 e. The van der Waals surface area contributed by atoms with E-state index in [4.69, 9.17) is 0 Å². The van der Waals surface area contributed by atoms with Gasteiger partial charge in [0, 0.05) is 13.1 Å². The van der Waals surface area contributed by atoms with Crippen LogP contribution in [0.1, 0.15) is 35.0 Å². The van der Waals surface area contributed by atoms with Gasteiger partial charge in [0.1, 0.15) is 0 Å². The zero-order valence-electron chi connectivity index (χ0n) is 11.2. The van der Waals surface area contributed by atoms with Gasteiger partial charge in [-0.3, -0.25) is 4.79 Å². The Kier molecular flexibility index (Phi) is 4.78. The van der Waals surface area contributed by atoms with E-state index < -0.39 is 0 Å². The van der Waals surface area contributed by atoms with E-state index in [1.807, 2.05) is 18.4 Å². The largest absolute Gasteiger partial charge is 0.351 e. The molecule has 4 heteroatoms. The second-order valence-corrected chi connectivity index (χ2v) is 6.17. The average molecular weight is 266 g/mol. The first-order valence-electron chi connectivity index (χ1n) is 6.71. The smallest absolute Gasteiger partial charge is 0.261 e. The highest BCUT2D eigenvalue weighted by molar-refractivity contribution is 7.12. The van der Waals surface area contributed by atoms with E-state index in [0.717, 1.165) is 23.5 Å². The molecule has 1 aliphatic rings. The number of thiophene rings is 1. The molecule has 2 rings (SSSR count). The second kappa shape index (κ2) is 6.34. The Bertz CT molecular complexity index is 396. The molecule has 3 nitrogen and oxygen atoms in total. The second-order valence-electron chi connectivity index (χ2n) is 5.26. The summed E-state index contributed by atoms with van der Waals surface area (Å²) in [5.74, 6) is 0.600. The lowest BCUT2D eigenvalue weighted by Gasteiger charge is -2.20. The van der Waals surface area contributed by atoms with Gasteiger partial charge in [-0.1, -0.05) is 6.92 Å². The van der Waals surface area contributed by atoms with Gasteiger partial charge >= 0.3 is 0 Å². The van der Waals surface area contributed by atoms with Crippen molar-refractivity contribution in [3.05, 3.63) is 21.9 Å². The van der Waals surface area contributed by atoms with Gasteiger partial charge in [0.2, 0.25) is 0 Å². The van der Waals surface area contributed by atoms with Crippen LogP contribution in [0, 0.1) is 12.8 Å². The summed E-state index contributed by atoms with van der Waals surface area (Å²) in [5.41, 5.74) is 1.07. The Morgan fingerprint density at radius 2 is 2.22 bits per heavy atom. The highest BCUT2D eigenvalue weighted by Gasteiger charge is 2.16. The summed E-state index contributed by atoms with van der Waals surface area (Å²) in [6, 6.07) is 1.99. The molecule has 100 valence electrons. The predicted molar refractivity (Wildman–Crippen MR) is 76.2 cm³/mol. The molecule has 1 fully saturated rings. The summed E-state index contributed by atoms with van der Waals surface area (Å²) in [5, 5.41) is 5.01. The molecule has 1 saturated heterocycles. The molecule has 2 heterocycles. The maximum absolute atomic E-state index is 12.0. The molecule has 1 amide bonds.